The molecule has 4 aliphatic heterocycles. The summed E-state index contributed by atoms with van der Waals surface area (Å²) in [5.41, 5.74) is 18.1. The summed E-state index contributed by atoms with van der Waals surface area (Å²) >= 11 is 5.38. The molecule has 0 saturated carbocycles. The summed E-state index contributed by atoms with van der Waals surface area (Å²) in [6.07, 6.45) is 6.44. The van der Waals surface area contributed by atoms with Crippen LogP contribution in [0.2, 0.25) is 5.15 Å². The van der Waals surface area contributed by atoms with Crippen LogP contribution in [0.5, 0.6) is 0 Å². The van der Waals surface area contributed by atoms with Crippen LogP contribution in [0.25, 0.3) is 5.57 Å². The van der Waals surface area contributed by atoms with Gasteiger partial charge in [0.15, 0.2) is 5.15 Å². The van der Waals surface area contributed by atoms with E-state index in [0.29, 0.717) is 67.8 Å². The van der Waals surface area contributed by atoms with Crippen molar-refractivity contribution in [2.75, 3.05) is 56.5 Å². The Kier molecular flexibility index (Phi) is 19.4. The van der Waals surface area contributed by atoms with Crippen LogP contribution in [0, 0.1) is 0 Å². The number of halogens is 1. The summed E-state index contributed by atoms with van der Waals surface area (Å²) in [4.78, 5) is 41.1. The van der Waals surface area contributed by atoms with Gasteiger partial charge < -0.3 is 55.4 Å². The van der Waals surface area contributed by atoms with Crippen molar-refractivity contribution in [2.24, 2.45) is 0 Å². The molecule has 3 aromatic heterocycles. The molecule has 2 saturated heterocycles. The highest BCUT2D eigenvalue weighted by atomic mass is 35.5. The summed E-state index contributed by atoms with van der Waals surface area (Å²) in [5.74, 6) is 1.55. The van der Waals surface area contributed by atoms with Gasteiger partial charge in [0.1, 0.15) is 34.3 Å². The third-order valence-electron chi connectivity index (χ3n) is 11.3. The van der Waals surface area contributed by atoms with Gasteiger partial charge in [-0.1, -0.05) is 23.8 Å². The summed E-state index contributed by atoms with van der Waals surface area (Å²) in [6.45, 7) is 28.7. The number of nitrogens with two attached hydrogens (primary N) is 3. The topological polar surface area (TPSA) is 262 Å². The van der Waals surface area contributed by atoms with Crippen molar-refractivity contribution in [3.05, 3.63) is 70.6 Å². The molecule has 384 valence electrons. The second kappa shape index (κ2) is 23.9. The molecule has 0 bridgehead atoms. The van der Waals surface area contributed by atoms with Gasteiger partial charge in [-0.15, -0.1) is 25.5 Å². The molecule has 0 aliphatic carbocycles. The molecule has 4 aliphatic rings. The van der Waals surface area contributed by atoms with E-state index in [1.54, 1.807) is 39.0 Å². The minimum Gasteiger partial charge on any atom is -0.444 e. The van der Waals surface area contributed by atoms with E-state index in [1.165, 1.54) is 0 Å². The quantitative estimate of drug-likeness (QED) is 0.165. The molecule has 3 amide bonds. The Morgan fingerprint density at radius 2 is 1.04 bits per heavy atom. The standard InChI is InChI=1S/C16H28BNO4.C14H22N4O2.C14H20N4O2.C4H4ClN3/c1-14(2,3)20-13(19)18-10-8-12(9-11-18)17-21-15(4,5)16(6,7)22-17;2*1-14(2,3)20-13(19)18-8-6-10(7-9-18)11-4-5-12(15)17-16-11;5-3-1-2-4(6)8-7-3/h8H,9-11H2,1-7H3;4-5,10H,6-9H2,1-3H3,(H2,15,17);4-6H,7-9H2,1-3H3,(H2,15,17);1-2H,(H2,6,8). The summed E-state index contributed by atoms with van der Waals surface area (Å²) in [6, 6.07) is 10.4. The lowest BCUT2D eigenvalue weighted by molar-refractivity contribution is 0.00578. The molecule has 0 radical (unpaired) electrons. The minimum atomic E-state index is -0.469. The highest BCUT2D eigenvalue weighted by molar-refractivity contribution is 6.54. The maximum Gasteiger partial charge on any atom is 0.490 e. The Bertz CT molecular complexity index is 2220. The zero-order valence-corrected chi connectivity index (χ0v) is 44.0. The lowest BCUT2D eigenvalue weighted by atomic mass is 9.75. The molecule has 70 heavy (non-hydrogen) atoms. The first-order chi connectivity index (χ1) is 32.4. The van der Waals surface area contributed by atoms with Crippen LogP contribution in [-0.2, 0) is 23.5 Å². The first-order valence-electron chi connectivity index (χ1n) is 23.5. The fourth-order valence-electron chi connectivity index (χ4n) is 6.87. The zero-order chi connectivity index (χ0) is 52.2. The van der Waals surface area contributed by atoms with Crippen LogP contribution in [0.1, 0.15) is 133 Å². The van der Waals surface area contributed by atoms with Crippen LogP contribution in [0.4, 0.5) is 31.8 Å². The van der Waals surface area contributed by atoms with Gasteiger partial charge in [-0.25, -0.2) is 14.4 Å². The Hall–Kier alpha value is -5.80. The number of ether oxygens (including phenoxy) is 3. The van der Waals surface area contributed by atoms with Crippen LogP contribution < -0.4 is 17.2 Å². The number of carbonyl (C=O) groups is 3. The maximum atomic E-state index is 12.1. The van der Waals surface area contributed by atoms with Gasteiger partial charge >= 0.3 is 25.4 Å². The fourth-order valence-corrected chi connectivity index (χ4v) is 6.98. The molecule has 2 fully saturated rings. The van der Waals surface area contributed by atoms with Crippen LogP contribution in [-0.4, -0.2) is 138 Å². The fraction of sp³-hybridized carbons (Fsp3) is 0.604. The van der Waals surface area contributed by atoms with Crippen molar-refractivity contribution in [1.82, 2.24) is 45.3 Å². The number of nitrogens with zero attached hydrogens (tertiary/aromatic N) is 9. The van der Waals surface area contributed by atoms with Gasteiger partial charge in [0.2, 0.25) is 0 Å². The lowest BCUT2D eigenvalue weighted by Crippen LogP contribution is -2.41. The molecule has 0 unspecified atom stereocenters. The third-order valence-corrected chi connectivity index (χ3v) is 11.5. The van der Waals surface area contributed by atoms with Crippen molar-refractivity contribution in [3.63, 3.8) is 0 Å². The number of hydrogen-bond donors (Lipinski definition) is 3. The minimum absolute atomic E-state index is 0.237. The van der Waals surface area contributed by atoms with Crippen LogP contribution >= 0.6 is 11.6 Å². The van der Waals surface area contributed by atoms with E-state index in [2.05, 4.69) is 30.6 Å². The highest BCUT2D eigenvalue weighted by Crippen LogP contribution is 2.39. The first kappa shape index (κ1) is 56.8. The van der Waals surface area contributed by atoms with Crippen molar-refractivity contribution >= 4 is 60.0 Å². The monoisotopic (exact) mass is 993 g/mol. The van der Waals surface area contributed by atoms with Gasteiger partial charge in [0.25, 0.3) is 0 Å². The number of anilines is 3. The van der Waals surface area contributed by atoms with E-state index in [0.717, 1.165) is 48.1 Å². The Morgan fingerprint density at radius 3 is 1.41 bits per heavy atom. The summed E-state index contributed by atoms with van der Waals surface area (Å²) in [5, 5.41) is 23.2. The Morgan fingerprint density at radius 1 is 0.600 bits per heavy atom. The van der Waals surface area contributed by atoms with Gasteiger partial charge in [-0.2, -0.15) is 5.10 Å². The van der Waals surface area contributed by atoms with Crippen molar-refractivity contribution < 1.29 is 37.9 Å². The zero-order valence-electron chi connectivity index (χ0n) is 43.2. The molecule has 3 aromatic rings. The molecule has 0 aromatic carbocycles. The normalized spacial score (nSPS) is 18.0. The van der Waals surface area contributed by atoms with E-state index >= 15 is 0 Å². The van der Waals surface area contributed by atoms with Crippen molar-refractivity contribution in [2.45, 2.75) is 150 Å². The number of hydrogen-bond acceptors (Lipinski definition) is 17. The van der Waals surface area contributed by atoms with Crippen LogP contribution in [0.15, 0.2) is 54.0 Å². The molecule has 0 spiro atoms. The van der Waals surface area contributed by atoms with Gasteiger partial charge in [0.05, 0.1) is 22.6 Å². The largest absolute Gasteiger partial charge is 0.490 e. The number of piperidine rings is 1. The molecular weight excluding hydrogens is 919 g/mol. The SMILES string of the molecule is CC(C)(C)OC(=O)N1CC=C(B2OC(C)(C)C(C)(C)O2)CC1.CC(C)(C)OC(=O)N1CC=C(c2ccc(N)nn2)CC1.CC(C)(C)OC(=O)N1CCC(c2ccc(N)nn2)CC1.Nc1ccc(Cl)nn1. The third kappa shape index (κ3) is 18.5. The van der Waals surface area contributed by atoms with E-state index in [4.69, 9.17) is 52.3 Å². The van der Waals surface area contributed by atoms with E-state index < -0.39 is 16.8 Å². The first-order valence-corrected chi connectivity index (χ1v) is 23.9. The molecule has 22 heteroatoms. The smallest absolute Gasteiger partial charge is 0.444 e. The van der Waals surface area contributed by atoms with Gasteiger partial charge in [-0.3, -0.25) is 0 Å². The molecule has 0 atom stereocenters. The maximum absolute atomic E-state index is 12.1. The van der Waals surface area contributed by atoms with E-state index in [1.807, 2.05) is 114 Å². The average molecular weight is 993 g/mol. The van der Waals surface area contributed by atoms with E-state index in [9.17, 15) is 14.4 Å². The Labute approximate surface area is 418 Å². The number of rotatable bonds is 3. The molecule has 6 N–H and O–H groups in total. The highest BCUT2D eigenvalue weighted by Gasteiger charge is 2.52. The molecular formula is C48H74BClN12O8. The molecule has 7 rings (SSSR count). The number of carbonyl (C=O) groups excluding carboxylic acids is 3. The summed E-state index contributed by atoms with van der Waals surface area (Å²) < 4.78 is 28.2. The second-order valence-corrected chi connectivity index (χ2v) is 21.6. The lowest BCUT2D eigenvalue weighted by Gasteiger charge is -2.33. The summed E-state index contributed by atoms with van der Waals surface area (Å²) in [7, 11) is -0.314. The number of nitrogen functional groups attached to an aromatic ring is 3. The average Bonchev–Trinajstić information content (AvgIpc) is 3.49. The van der Waals surface area contributed by atoms with E-state index in [-0.39, 0.29) is 36.6 Å². The van der Waals surface area contributed by atoms with Crippen LogP contribution in [0.3, 0.4) is 0 Å². The van der Waals surface area contributed by atoms with Gasteiger partial charge in [-0.05, 0) is 163 Å². The predicted molar refractivity (Wildman–Crippen MR) is 271 cm³/mol. The number of amides is 3. The predicted octanol–water partition coefficient (Wildman–Crippen LogP) is 8.15. The second-order valence-electron chi connectivity index (χ2n) is 21.2. The van der Waals surface area contributed by atoms with Crippen molar-refractivity contribution in [3.8, 4) is 0 Å². The van der Waals surface area contributed by atoms with Gasteiger partial charge in [0, 0.05) is 45.2 Å². The molecule has 7 heterocycles. The Balaban J connectivity index is 0.000000211. The number of likely N-dealkylation sites (tertiary alicyclic amines) is 1. The molecule has 20 nitrogen and oxygen atoms in total. The number of aromatic nitrogens is 6. The van der Waals surface area contributed by atoms with Crippen molar-refractivity contribution in [1.29, 1.82) is 0 Å².